The number of hydrogen-bond acceptors (Lipinski definition) is 2. The summed E-state index contributed by atoms with van der Waals surface area (Å²) >= 11 is 6.18. The first kappa shape index (κ1) is 13.8. The van der Waals surface area contributed by atoms with E-state index in [0.717, 1.165) is 27.7 Å². The Labute approximate surface area is 119 Å². The lowest BCUT2D eigenvalue weighted by molar-refractivity contribution is 0.570. The molecule has 0 fully saturated rings. The van der Waals surface area contributed by atoms with Crippen LogP contribution in [0.3, 0.4) is 0 Å². The van der Waals surface area contributed by atoms with Crippen LogP contribution in [0, 0.1) is 18.3 Å². The zero-order valence-corrected chi connectivity index (χ0v) is 12.5. The second-order valence-electron chi connectivity index (χ2n) is 5.82. The number of aromatic nitrogens is 1. The second kappa shape index (κ2) is 4.83. The van der Waals surface area contributed by atoms with Crippen molar-refractivity contribution in [3.63, 3.8) is 0 Å². The molecule has 0 spiro atoms. The van der Waals surface area contributed by atoms with E-state index in [9.17, 15) is 0 Å². The number of pyridine rings is 1. The molecule has 0 saturated heterocycles. The molecule has 0 aliphatic rings. The normalized spacial score (nSPS) is 11.6. The predicted octanol–water partition coefficient (Wildman–Crippen LogP) is 4.56. The molecule has 0 amide bonds. The molecular weight excluding hydrogens is 256 g/mol. The molecule has 0 radical (unpaired) electrons. The van der Waals surface area contributed by atoms with Gasteiger partial charge in [0.1, 0.15) is 0 Å². The highest BCUT2D eigenvalue weighted by atomic mass is 35.5. The van der Waals surface area contributed by atoms with Crippen molar-refractivity contribution in [1.29, 1.82) is 5.26 Å². The van der Waals surface area contributed by atoms with E-state index in [0.29, 0.717) is 11.4 Å². The summed E-state index contributed by atoms with van der Waals surface area (Å²) in [7, 11) is 0. The van der Waals surface area contributed by atoms with Gasteiger partial charge >= 0.3 is 0 Å². The van der Waals surface area contributed by atoms with Crippen LogP contribution in [-0.4, -0.2) is 4.98 Å². The van der Waals surface area contributed by atoms with Gasteiger partial charge in [-0.1, -0.05) is 38.4 Å². The van der Waals surface area contributed by atoms with Gasteiger partial charge in [-0.25, -0.2) is 0 Å². The van der Waals surface area contributed by atoms with Crippen LogP contribution in [0.1, 0.15) is 37.6 Å². The standard InChI is InChI=1S/C16H17ClN2/c1-10-13(17)6-5-12-11(7-8-18)9-14(16(2,3)4)19-15(10)12/h5-6,9H,7H2,1-4H3. The van der Waals surface area contributed by atoms with E-state index < -0.39 is 0 Å². The zero-order chi connectivity index (χ0) is 14.2. The van der Waals surface area contributed by atoms with Crippen molar-refractivity contribution < 1.29 is 0 Å². The number of aryl methyl sites for hydroxylation is 1. The molecule has 0 unspecified atom stereocenters. The van der Waals surface area contributed by atoms with Crippen molar-refractivity contribution in [1.82, 2.24) is 4.98 Å². The monoisotopic (exact) mass is 272 g/mol. The molecule has 2 rings (SSSR count). The van der Waals surface area contributed by atoms with Crippen LogP contribution in [0.25, 0.3) is 10.9 Å². The first-order chi connectivity index (χ1) is 8.84. The Morgan fingerprint density at radius 1 is 1.32 bits per heavy atom. The van der Waals surface area contributed by atoms with Gasteiger partial charge in [0.2, 0.25) is 0 Å². The highest BCUT2D eigenvalue weighted by Gasteiger charge is 2.19. The number of hydrogen-bond donors (Lipinski definition) is 0. The van der Waals surface area contributed by atoms with Crippen LogP contribution in [0.15, 0.2) is 18.2 Å². The smallest absolute Gasteiger partial charge is 0.0752 e. The molecule has 0 aliphatic carbocycles. The number of nitriles is 1. The minimum Gasteiger partial charge on any atom is -0.252 e. The van der Waals surface area contributed by atoms with Crippen LogP contribution >= 0.6 is 11.6 Å². The van der Waals surface area contributed by atoms with Crippen molar-refractivity contribution in [2.75, 3.05) is 0 Å². The van der Waals surface area contributed by atoms with Crippen LogP contribution in [0.5, 0.6) is 0 Å². The summed E-state index contributed by atoms with van der Waals surface area (Å²) < 4.78 is 0. The third-order valence-corrected chi connectivity index (χ3v) is 3.70. The van der Waals surface area contributed by atoms with E-state index >= 15 is 0 Å². The minimum atomic E-state index is -0.0485. The average Bonchev–Trinajstić information content (AvgIpc) is 2.33. The summed E-state index contributed by atoms with van der Waals surface area (Å²) in [6.45, 7) is 8.34. The van der Waals surface area contributed by atoms with E-state index in [1.165, 1.54) is 0 Å². The molecule has 0 bridgehead atoms. The first-order valence-electron chi connectivity index (χ1n) is 6.30. The molecular formula is C16H17ClN2. The van der Waals surface area contributed by atoms with Crippen LogP contribution in [0.2, 0.25) is 5.02 Å². The Hall–Kier alpha value is -1.59. The Morgan fingerprint density at radius 3 is 2.58 bits per heavy atom. The van der Waals surface area contributed by atoms with Crippen molar-refractivity contribution in [3.05, 3.63) is 40.0 Å². The van der Waals surface area contributed by atoms with Gasteiger partial charge in [-0.05, 0) is 30.2 Å². The van der Waals surface area contributed by atoms with Gasteiger partial charge in [0.05, 0.1) is 18.0 Å². The fourth-order valence-corrected chi connectivity index (χ4v) is 2.24. The fraction of sp³-hybridized carbons (Fsp3) is 0.375. The van der Waals surface area contributed by atoms with Gasteiger partial charge in [0, 0.05) is 21.5 Å². The second-order valence-corrected chi connectivity index (χ2v) is 6.23. The van der Waals surface area contributed by atoms with Crippen molar-refractivity contribution in [2.24, 2.45) is 0 Å². The van der Waals surface area contributed by atoms with E-state index in [4.69, 9.17) is 21.8 Å². The van der Waals surface area contributed by atoms with E-state index in [2.05, 4.69) is 26.8 Å². The first-order valence-corrected chi connectivity index (χ1v) is 6.68. The maximum absolute atomic E-state index is 9.00. The zero-order valence-electron chi connectivity index (χ0n) is 11.7. The van der Waals surface area contributed by atoms with Gasteiger partial charge < -0.3 is 0 Å². The van der Waals surface area contributed by atoms with Crippen LogP contribution in [-0.2, 0) is 11.8 Å². The lowest BCUT2D eigenvalue weighted by Gasteiger charge is -2.20. The molecule has 19 heavy (non-hydrogen) atoms. The summed E-state index contributed by atoms with van der Waals surface area (Å²) in [5, 5.41) is 10.7. The molecule has 1 heterocycles. The topological polar surface area (TPSA) is 36.7 Å². The Morgan fingerprint density at radius 2 is 2.00 bits per heavy atom. The summed E-state index contributed by atoms with van der Waals surface area (Å²) in [6.07, 6.45) is 0.392. The van der Waals surface area contributed by atoms with Gasteiger partial charge in [0.15, 0.2) is 0 Å². The van der Waals surface area contributed by atoms with Crippen molar-refractivity contribution in [3.8, 4) is 6.07 Å². The maximum atomic E-state index is 9.00. The SMILES string of the molecule is Cc1c(Cl)ccc2c(CC#N)cc(C(C)(C)C)nc12. The molecule has 2 nitrogen and oxygen atoms in total. The van der Waals surface area contributed by atoms with Gasteiger partial charge in [-0.2, -0.15) is 5.26 Å². The molecule has 3 heteroatoms. The molecule has 0 N–H and O–H groups in total. The highest BCUT2D eigenvalue weighted by molar-refractivity contribution is 6.32. The molecule has 1 aromatic heterocycles. The third kappa shape index (κ3) is 2.57. The number of benzene rings is 1. The van der Waals surface area contributed by atoms with Crippen LogP contribution in [0.4, 0.5) is 0 Å². The lowest BCUT2D eigenvalue weighted by atomic mass is 9.89. The Kier molecular flexibility index (Phi) is 3.52. The number of nitrogens with zero attached hydrogens (tertiary/aromatic N) is 2. The largest absolute Gasteiger partial charge is 0.252 e. The Bertz CT molecular complexity index is 676. The molecule has 0 saturated carbocycles. The molecule has 0 aliphatic heterocycles. The quantitative estimate of drug-likeness (QED) is 0.763. The molecule has 98 valence electrons. The minimum absolute atomic E-state index is 0.0485. The molecule has 1 aromatic carbocycles. The fourth-order valence-electron chi connectivity index (χ4n) is 2.09. The van der Waals surface area contributed by atoms with Crippen molar-refractivity contribution >= 4 is 22.5 Å². The molecule has 0 atom stereocenters. The van der Waals surface area contributed by atoms with Gasteiger partial charge in [-0.15, -0.1) is 0 Å². The number of fused-ring (bicyclic) bond motifs is 1. The van der Waals surface area contributed by atoms with E-state index in [1.807, 2.05) is 25.1 Å². The average molecular weight is 273 g/mol. The van der Waals surface area contributed by atoms with Crippen LogP contribution < -0.4 is 0 Å². The van der Waals surface area contributed by atoms with Gasteiger partial charge in [0.25, 0.3) is 0 Å². The maximum Gasteiger partial charge on any atom is 0.0752 e. The lowest BCUT2D eigenvalue weighted by Crippen LogP contribution is -2.14. The number of rotatable bonds is 1. The van der Waals surface area contributed by atoms with E-state index in [1.54, 1.807) is 0 Å². The summed E-state index contributed by atoms with van der Waals surface area (Å²) in [5.74, 6) is 0. The predicted molar refractivity (Wildman–Crippen MR) is 79.5 cm³/mol. The highest BCUT2D eigenvalue weighted by Crippen LogP contribution is 2.30. The number of halogens is 1. The summed E-state index contributed by atoms with van der Waals surface area (Å²) in [6, 6.07) is 8.10. The van der Waals surface area contributed by atoms with Gasteiger partial charge in [-0.3, -0.25) is 4.98 Å². The summed E-state index contributed by atoms with van der Waals surface area (Å²) in [5.41, 5.74) is 3.86. The Balaban J connectivity index is 2.85. The molecule has 2 aromatic rings. The van der Waals surface area contributed by atoms with E-state index in [-0.39, 0.29) is 5.41 Å². The third-order valence-electron chi connectivity index (χ3n) is 3.29. The summed E-state index contributed by atoms with van der Waals surface area (Å²) in [4.78, 5) is 4.76. The van der Waals surface area contributed by atoms with Crippen molar-refractivity contribution in [2.45, 2.75) is 39.5 Å².